The highest BCUT2D eigenvalue weighted by Gasteiger charge is 2.46. The minimum Gasteiger partial charge on any atom is -0.341 e. The molecule has 2 aromatic rings. The van der Waals surface area contributed by atoms with Crippen LogP contribution in [0, 0.1) is 5.92 Å². The molecule has 2 aliphatic heterocycles. The van der Waals surface area contributed by atoms with Gasteiger partial charge in [-0.2, -0.15) is 4.31 Å². The molecule has 34 heavy (non-hydrogen) atoms. The third-order valence-corrected chi connectivity index (χ3v) is 9.85. The van der Waals surface area contributed by atoms with Crippen LogP contribution in [0.5, 0.6) is 0 Å². The number of fused-ring (bicyclic) bond motifs is 1. The predicted molar refractivity (Wildman–Crippen MR) is 135 cm³/mol. The lowest BCUT2D eigenvalue weighted by Gasteiger charge is -2.20. The molecule has 2 N–H and O–H groups in total. The van der Waals surface area contributed by atoms with Crippen molar-refractivity contribution in [3.63, 3.8) is 0 Å². The zero-order chi connectivity index (χ0) is 24.3. The van der Waals surface area contributed by atoms with Crippen LogP contribution in [0.1, 0.15) is 18.4 Å². The van der Waals surface area contributed by atoms with Crippen molar-refractivity contribution < 1.29 is 18.0 Å². The number of hydrogen-bond donors (Lipinski definition) is 2. The lowest BCUT2D eigenvalue weighted by molar-refractivity contribution is -0.117. The molecule has 2 aromatic carbocycles. The topological polar surface area (TPSA) is 95.6 Å². The molecule has 7 nitrogen and oxygen atoms in total. The number of amides is 2. The largest absolute Gasteiger partial charge is 0.341 e. The van der Waals surface area contributed by atoms with Crippen molar-refractivity contribution in [2.75, 3.05) is 18.4 Å². The van der Waals surface area contributed by atoms with Crippen LogP contribution in [0.4, 0.5) is 5.69 Å². The van der Waals surface area contributed by atoms with E-state index in [1.54, 1.807) is 17.8 Å². The van der Waals surface area contributed by atoms with E-state index in [1.165, 1.54) is 22.5 Å². The molecule has 2 fully saturated rings. The summed E-state index contributed by atoms with van der Waals surface area (Å²) in [5.74, 6) is -0.226. The number of carbonyl (C=O) groups excluding carboxylic acids is 2. The van der Waals surface area contributed by atoms with Gasteiger partial charge < -0.3 is 10.6 Å². The number of anilines is 1. The third-order valence-electron chi connectivity index (χ3n) is 6.01. The fourth-order valence-electron chi connectivity index (χ4n) is 4.29. The van der Waals surface area contributed by atoms with E-state index >= 15 is 0 Å². The van der Waals surface area contributed by atoms with Crippen molar-refractivity contribution in [2.45, 2.75) is 34.8 Å². The van der Waals surface area contributed by atoms with Gasteiger partial charge in [0.2, 0.25) is 21.8 Å². The zero-order valence-electron chi connectivity index (χ0n) is 18.4. The number of nitrogens with one attached hydrogen (secondary N) is 2. The molecule has 180 valence electrons. The van der Waals surface area contributed by atoms with E-state index < -0.39 is 10.0 Å². The Bertz CT molecular complexity index is 1180. The lowest BCUT2D eigenvalue weighted by Crippen LogP contribution is -2.33. The summed E-state index contributed by atoms with van der Waals surface area (Å²) in [6.07, 6.45) is 2.87. The van der Waals surface area contributed by atoms with E-state index in [0.29, 0.717) is 38.0 Å². The molecule has 3 unspecified atom stereocenters. The molecule has 0 spiro atoms. The van der Waals surface area contributed by atoms with Crippen molar-refractivity contribution in [1.29, 1.82) is 0 Å². The monoisotopic (exact) mass is 519 g/mol. The van der Waals surface area contributed by atoms with Crippen molar-refractivity contribution in [3.05, 3.63) is 71.8 Å². The molecular weight excluding hydrogens is 494 g/mol. The summed E-state index contributed by atoms with van der Waals surface area (Å²) in [5, 5.41) is 5.82. The number of thioether (sulfide) groups is 1. The lowest BCUT2D eigenvalue weighted by atomic mass is 10.1. The normalized spacial score (nSPS) is 22.2. The van der Waals surface area contributed by atoms with Crippen LogP contribution in [-0.4, -0.2) is 48.3 Å². The van der Waals surface area contributed by atoms with Gasteiger partial charge in [-0.1, -0.05) is 48.5 Å². The number of sulfonamides is 1. The van der Waals surface area contributed by atoms with Gasteiger partial charge in [0.05, 0.1) is 10.4 Å². The molecule has 2 saturated heterocycles. The maximum atomic E-state index is 13.2. The van der Waals surface area contributed by atoms with Gasteiger partial charge >= 0.3 is 0 Å². The molecule has 3 atom stereocenters. The Labute approximate surface area is 209 Å². The molecule has 0 aromatic heterocycles. The fourth-order valence-corrected chi connectivity index (χ4v) is 8.07. The summed E-state index contributed by atoms with van der Waals surface area (Å²) in [6, 6.07) is 14.2. The number of carbonyl (C=O) groups is 2. The van der Waals surface area contributed by atoms with Gasteiger partial charge in [0, 0.05) is 30.4 Å². The van der Waals surface area contributed by atoms with Crippen LogP contribution in [0.25, 0.3) is 0 Å². The van der Waals surface area contributed by atoms with E-state index in [9.17, 15) is 18.0 Å². The highest BCUT2D eigenvalue weighted by molar-refractivity contribution is 8.00. The average Bonchev–Trinajstić information content (AvgIpc) is 3.37. The van der Waals surface area contributed by atoms with E-state index in [-0.39, 0.29) is 38.3 Å². The Morgan fingerprint density at radius 3 is 2.62 bits per heavy atom. The minimum atomic E-state index is -3.78. The molecular formula is C24H26ClN3O4S2. The van der Waals surface area contributed by atoms with Gasteiger partial charge in [-0.15, -0.1) is 11.8 Å². The first-order valence-corrected chi connectivity index (χ1v) is 13.7. The number of rotatable bonds is 8. The van der Waals surface area contributed by atoms with E-state index in [2.05, 4.69) is 17.2 Å². The molecule has 10 heteroatoms. The van der Waals surface area contributed by atoms with Gasteiger partial charge in [-0.05, 0) is 48.6 Å². The van der Waals surface area contributed by atoms with Crippen molar-refractivity contribution in [2.24, 2.45) is 5.92 Å². The fraction of sp³-hybridized carbons (Fsp3) is 0.333. The summed E-state index contributed by atoms with van der Waals surface area (Å²) in [7, 11) is -3.78. The van der Waals surface area contributed by atoms with Gasteiger partial charge in [-0.25, -0.2) is 8.42 Å². The van der Waals surface area contributed by atoms with E-state index in [0.717, 1.165) is 5.56 Å². The Kier molecular flexibility index (Phi) is 7.67. The van der Waals surface area contributed by atoms with Gasteiger partial charge in [-0.3, -0.25) is 9.59 Å². The zero-order valence-corrected chi connectivity index (χ0v) is 20.8. The van der Waals surface area contributed by atoms with Crippen LogP contribution in [0.2, 0.25) is 5.02 Å². The summed E-state index contributed by atoms with van der Waals surface area (Å²) >= 11 is 7.94. The van der Waals surface area contributed by atoms with Crippen LogP contribution in [0.15, 0.2) is 66.1 Å². The Hall–Kier alpha value is -2.33. The maximum absolute atomic E-state index is 13.2. The highest BCUT2D eigenvalue weighted by atomic mass is 35.5. The summed E-state index contributed by atoms with van der Waals surface area (Å²) in [4.78, 5) is 23.9. The van der Waals surface area contributed by atoms with E-state index in [1.807, 2.05) is 30.3 Å². The number of benzene rings is 2. The standard InChI is InChI=1S/C24H26ClN3O4S2/c1-2-22(29)27-24-12-17-14-28(15-20(17)33-24)34(31,32)21-10-9-18(13-19(21)25)26-23(30)11-8-16-6-4-3-5-7-16/h2-7,9-10,13,17,20,24H,1,8,11-12,14-15H2,(H,26,30)(H,27,29). The summed E-state index contributed by atoms with van der Waals surface area (Å²) in [6.45, 7) is 4.21. The van der Waals surface area contributed by atoms with Crippen molar-refractivity contribution in [3.8, 4) is 0 Å². The van der Waals surface area contributed by atoms with Crippen LogP contribution < -0.4 is 10.6 Å². The quantitative estimate of drug-likeness (QED) is 0.519. The first-order chi connectivity index (χ1) is 16.3. The maximum Gasteiger partial charge on any atom is 0.244 e. The molecule has 0 saturated carbocycles. The molecule has 0 bridgehead atoms. The molecule has 4 rings (SSSR count). The van der Waals surface area contributed by atoms with Gasteiger partial charge in [0.15, 0.2) is 0 Å². The molecule has 0 radical (unpaired) electrons. The second-order valence-electron chi connectivity index (χ2n) is 8.37. The minimum absolute atomic E-state index is 0.0259. The van der Waals surface area contributed by atoms with Crippen molar-refractivity contribution >= 4 is 50.9 Å². The molecule has 2 amide bonds. The van der Waals surface area contributed by atoms with Crippen LogP contribution in [0.3, 0.4) is 0 Å². The highest BCUT2D eigenvalue weighted by Crippen LogP contribution is 2.43. The molecule has 2 aliphatic rings. The number of nitrogens with zero attached hydrogens (tertiary/aromatic N) is 1. The Morgan fingerprint density at radius 2 is 1.94 bits per heavy atom. The Balaban J connectivity index is 1.35. The second-order valence-corrected chi connectivity index (χ2v) is 12.1. The third kappa shape index (κ3) is 5.66. The van der Waals surface area contributed by atoms with Crippen molar-refractivity contribution in [1.82, 2.24) is 9.62 Å². The van der Waals surface area contributed by atoms with E-state index in [4.69, 9.17) is 11.6 Å². The molecule has 2 heterocycles. The van der Waals surface area contributed by atoms with Crippen LogP contribution >= 0.6 is 23.4 Å². The Morgan fingerprint density at radius 1 is 1.18 bits per heavy atom. The first kappa shape index (κ1) is 24.8. The number of aryl methyl sites for hydroxylation is 1. The van der Waals surface area contributed by atoms with Crippen LogP contribution in [-0.2, 0) is 26.0 Å². The number of halogens is 1. The first-order valence-electron chi connectivity index (χ1n) is 11.0. The number of hydrogen-bond acceptors (Lipinski definition) is 5. The summed E-state index contributed by atoms with van der Waals surface area (Å²) in [5.41, 5.74) is 1.52. The average molecular weight is 520 g/mol. The SMILES string of the molecule is C=CC(=O)NC1CC2CN(S(=O)(=O)c3ccc(NC(=O)CCc4ccccc4)cc3Cl)CC2S1. The van der Waals surface area contributed by atoms with Gasteiger partial charge in [0.25, 0.3) is 0 Å². The second kappa shape index (κ2) is 10.5. The summed E-state index contributed by atoms with van der Waals surface area (Å²) < 4.78 is 28.0. The predicted octanol–water partition coefficient (Wildman–Crippen LogP) is 3.67. The smallest absolute Gasteiger partial charge is 0.244 e. The van der Waals surface area contributed by atoms with Gasteiger partial charge in [0.1, 0.15) is 4.90 Å². The molecule has 0 aliphatic carbocycles.